The Morgan fingerprint density at radius 1 is 1.47 bits per heavy atom. The van der Waals surface area contributed by atoms with E-state index in [0.717, 1.165) is 25.2 Å². The fraction of sp³-hybridized carbons (Fsp3) is 0.818. The Hall–Kier alpha value is -0.900. The lowest BCUT2D eigenvalue weighted by Gasteiger charge is -2.40. The second kappa shape index (κ2) is 3.93. The van der Waals surface area contributed by atoms with Gasteiger partial charge in [-0.3, -0.25) is 0 Å². The molecule has 0 aliphatic heterocycles. The van der Waals surface area contributed by atoms with Gasteiger partial charge in [0.15, 0.2) is 5.82 Å². The number of hydrogen-bond donors (Lipinski definition) is 1. The van der Waals surface area contributed by atoms with Crippen LogP contribution in [0.4, 0.5) is 0 Å². The third kappa shape index (κ3) is 2.04. The van der Waals surface area contributed by atoms with Crippen molar-refractivity contribution >= 4 is 0 Å². The first-order valence-electron chi connectivity index (χ1n) is 5.68. The van der Waals surface area contributed by atoms with E-state index in [0.29, 0.717) is 11.8 Å². The average molecular weight is 209 g/mol. The summed E-state index contributed by atoms with van der Waals surface area (Å²) in [5.74, 6) is 2.14. The van der Waals surface area contributed by atoms with Crippen molar-refractivity contribution in [3.05, 3.63) is 11.7 Å². The first kappa shape index (κ1) is 10.6. The van der Waals surface area contributed by atoms with Gasteiger partial charge in [0.05, 0.1) is 5.54 Å². The predicted octanol–water partition coefficient (Wildman–Crippen LogP) is 2.00. The van der Waals surface area contributed by atoms with E-state index in [4.69, 9.17) is 4.52 Å². The zero-order chi connectivity index (χ0) is 10.9. The average Bonchev–Trinajstić information content (AvgIpc) is 2.50. The normalized spacial score (nSPS) is 19.2. The molecule has 0 unspecified atom stereocenters. The number of nitrogens with zero attached hydrogens (tertiary/aromatic N) is 2. The molecule has 0 atom stereocenters. The maximum Gasteiger partial charge on any atom is 0.223 e. The molecule has 15 heavy (non-hydrogen) atoms. The third-order valence-corrected chi connectivity index (χ3v) is 3.01. The highest BCUT2D eigenvalue weighted by Crippen LogP contribution is 2.39. The Kier molecular flexibility index (Phi) is 2.78. The molecule has 1 aromatic rings. The molecule has 4 heteroatoms. The summed E-state index contributed by atoms with van der Waals surface area (Å²) >= 11 is 0. The Morgan fingerprint density at radius 2 is 2.20 bits per heavy atom. The van der Waals surface area contributed by atoms with Gasteiger partial charge in [0.25, 0.3) is 0 Å². The topological polar surface area (TPSA) is 51.0 Å². The van der Waals surface area contributed by atoms with Crippen LogP contribution in [0.2, 0.25) is 0 Å². The summed E-state index contributed by atoms with van der Waals surface area (Å²) in [5, 5.41) is 7.62. The highest BCUT2D eigenvalue weighted by Gasteiger charge is 2.42. The Balaban J connectivity index is 2.08. The van der Waals surface area contributed by atoms with E-state index in [9.17, 15) is 0 Å². The molecule has 0 amide bonds. The maximum atomic E-state index is 5.05. The molecule has 0 spiro atoms. The molecule has 1 aromatic heterocycles. The molecule has 2 rings (SSSR count). The van der Waals surface area contributed by atoms with Crippen LogP contribution in [-0.2, 0) is 5.54 Å². The molecule has 1 N–H and O–H groups in total. The summed E-state index contributed by atoms with van der Waals surface area (Å²) in [6.45, 7) is 7.26. The zero-order valence-corrected chi connectivity index (χ0v) is 9.71. The summed E-state index contributed by atoms with van der Waals surface area (Å²) in [7, 11) is 0. The third-order valence-electron chi connectivity index (χ3n) is 3.01. The summed E-state index contributed by atoms with van der Waals surface area (Å²) in [6, 6.07) is 0. The molecular weight excluding hydrogens is 190 g/mol. The monoisotopic (exact) mass is 209 g/mol. The van der Waals surface area contributed by atoms with Gasteiger partial charge in [0.1, 0.15) is 0 Å². The molecule has 0 radical (unpaired) electrons. The highest BCUT2D eigenvalue weighted by molar-refractivity contribution is 5.10. The van der Waals surface area contributed by atoms with Crippen LogP contribution in [0.5, 0.6) is 0 Å². The fourth-order valence-corrected chi connectivity index (χ4v) is 1.90. The van der Waals surface area contributed by atoms with Gasteiger partial charge >= 0.3 is 0 Å². The predicted molar refractivity (Wildman–Crippen MR) is 57.4 cm³/mol. The molecule has 0 aromatic carbocycles. The second-order valence-electron chi connectivity index (χ2n) is 4.85. The van der Waals surface area contributed by atoms with Crippen LogP contribution in [0.15, 0.2) is 4.52 Å². The number of rotatable bonds is 4. The van der Waals surface area contributed by atoms with E-state index in [1.807, 2.05) is 6.92 Å². The molecule has 84 valence electrons. The zero-order valence-electron chi connectivity index (χ0n) is 9.71. The van der Waals surface area contributed by atoms with Crippen LogP contribution in [0, 0.1) is 12.8 Å². The van der Waals surface area contributed by atoms with Crippen LogP contribution in [0.25, 0.3) is 0 Å². The first-order valence-corrected chi connectivity index (χ1v) is 5.68. The number of nitrogens with one attached hydrogen (secondary N) is 1. The van der Waals surface area contributed by atoms with Gasteiger partial charge < -0.3 is 9.84 Å². The largest absolute Gasteiger partial charge is 0.340 e. The van der Waals surface area contributed by atoms with Crippen molar-refractivity contribution in [3.8, 4) is 0 Å². The van der Waals surface area contributed by atoms with Crippen LogP contribution in [-0.4, -0.2) is 16.7 Å². The van der Waals surface area contributed by atoms with Gasteiger partial charge in [0, 0.05) is 6.92 Å². The molecular formula is C11H19N3O. The van der Waals surface area contributed by atoms with Gasteiger partial charge in [-0.25, -0.2) is 0 Å². The fourth-order valence-electron chi connectivity index (χ4n) is 1.90. The van der Waals surface area contributed by atoms with Crippen molar-refractivity contribution in [1.29, 1.82) is 0 Å². The Labute approximate surface area is 90.4 Å². The standard InChI is InChI=1S/C11H19N3O/c1-8(2)7-12-11(5-4-6-11)10-13-9(3)15-14-10/h8,12H,4-7H2,1-3H3. The molecule has 0 bridgehead atoms. The van der Waals surface area contributed by atoms with Gasteiger partial charge in [-0.15, -0.1) is 0 Å². The summed E-state index contributed by atoms with van der Waals surface area (Å²) in [5.41, 5.74) is 0.00201. The van der Waals surface area contributed by atoms with E-state index in [1.54, 1.807) is 0 Å². The maximum absolute atomic E-state index is 5.05. The van der Waals surface area contributed by atoms with Gasteiger partial charge in [0.2, 0.25) is 5.89 Å². The molecule has 4 nitrogen and oxygen atoms in total. The number of hydrogen-bond acceptors (Lipinski definition) is 4. The van der Waals surface area contributed by atoms with Crippen molar-refractivity contribution in [2.45, 2.75) is 45.6 Å². The Bertz CT molecular complexity index is 328. The highest BCUT2D eigenvalue weighted by atomic mass is 16.5. The second-order valence-corrected chi connectivity index (χ2v) is 4.85. The van der Waals surface area contributed by atoms with E-state index in [-0.39, 0.29) is 5.54 Å². The molecule has 0 saturated heterocycles. The smallest absolute Gasteiger partial charge is 0.223 e. The number of aromatic nitrogens is 2. The molecule has 1 fully saturated rings. The molecule has 1 heterocycles. The van der Waals surface area contributed by atoms with Crippen molar-refractivity contribution in [1.82, 2.24) is 15.5 Å². The van der Waals surface area contributed by atoms with Crippen LogP contribution in [0.3, 0.4) is 0 Å². The molecule has 1 saturated carbocycles. The van der Waals surface area contributed by atoms with Crippen LogP contribution >= 0.6 is 0 Å². The minimum Gasteiger partial charge on any atom is -0.340 e. The van der Waals surface area contributed by atoms with Gasteiger partial charge in [-0.05, 0) is 31.7 Å². The lowest BCUT2D eigenvalue weighted by molar-refractivity contribution is 0.161. The lowest BCUT2D eigenvalue weighted by atomic mass is 9.76. The van der Waals surface area contributed by atoms with Gasteiger partial charge in [-0.1, -0.05) is 19.0 Å². The van der Waals surface area contributed by atoms with E-state index in [2.05, 4.69) is 29.3 Å². The minimum absolute atomic E-state index is 0.00201. The van der Waals surface area contributed by atoms with Crippen molar-refractivity contribution in [2.24, 2.45) is 5.92 Å². The first-order chi connectivity index (χ1) is 7.12. The molecule has 1 aliphatic rings. The van der Waals surface area contributed by atoms with Gasteiger partial charge in [-0.2, -0.15) is 4.98 Å². The van der Waals surface area contributed by atoms with Crippen molar-refractivity contribution in [3.63, 3.8) is 0 Å². The van der Waals surface area contributed by atoms with Crippen LogP contribution < -0.4 is 5.32 Å². The minimum atomic E-state index is 0.00201. The SMILES string of the molecule is Cc1nc(C2(NCC(C)C)CCC2)no1. The Morgan fingerprint density at radius 3 is 2.60 bits per heavy atom. The summed E-state index contributed by atoms with van der Waals surface area (Å²) in [4.78, 5) is 4.34. The van der Waals surface area contributed by atoms with E-state index in [1.165, 1.54) is 6.42 Å². The van der Waals surface area contributed by atoms with Crippen molar-refractivity contribution < 1.29 is 4.52 Å². The summed E-state index contributed by atoms with van der Waals surface area (Å²) in [6.07, 6.45) is 3.50. The van der Waals surface area contributed by atoms with E-state index < -0.39 is 0 Å². The van der Waals surface area contributed by atoms with E-state index >= 15 is 0 Å². The van der Waals surface area contributed by atoms with Crippen molar-refractivity contribution in [2.75, 3.05) is 6.54 Å². The number of aryl methyl sites for hydroxylation is 1. The quantitative estimate of drug-likeness (QED) is 0.824. The molecule has 1 aliphatic carbocycles. The van der Waals surface area contributed by atoms with Crippen LogP contribution in [0.1, 0.15) is 44.8 Å². The lowest BCUT2D eigenvalue weighted by Crippen LogP contribution is -2.50. The summed E-state index contributed by atoms with van der Waals surface area (Å²) < 4.78 is 5.05.